The molecule has 0 fully saturated rings. The molecule has 1 aromatic rings. The molecule has 0 aromatic heterocycles. The third-order valence-corrected chi connectivity index (χ3v) is 3.35. The number of ether oxygens (including phenoxy) is 1. The quantitative estimate of drug-likeness (QED) is 0.535. The third kappa shape index (κ3) is 7.68. The van der Waals surface area contributed by atoms with E-state index in [1.807, 2.05) is 0 Å². The second-order valence-electron chi connectivity index (χ2n) is 4.98. The fourth-order valence-electron chi connectivity index (χ4n) is 1.42. The molecule has 0 radical (unpaired) electrons. The van der Waals surface area contributed by atoms with Gasteiger partial charge in [0.1, 0.15) is 5.75 Å². The number of halogens is 2. The zero-order valence-electron chi connectivity index (χ0n) is 12.4. The van der Waals surface area contributed by atoms with Gasteiger partial charge in [-0.15, -0.1) is 0 Å². The Morgan fingerprint density at radius 2 is 2.05 bits per heavy atom. The Labute approximate surface area is 145 Å². The Kier molecular flexibility index (Phi) is 8.30. The molecule has 122 valence electrons. The van der Waals surface area contributed by atoms with Crippen LogP contribution in [0.15, 0.2) is 18.2 Å². The second kappa shape index (κ2) is 9.71. The number of nitrogens with one attached hydrogen (secondary N) is 3. The van der Waals surface area contributed by atoms with Gasteiger partial charge < -0.3 is 10.1 Å². The number of hydrazine groups is 1. The molecule has 22 heavy (non-hydrogen) atoms. The standard InChI is InChI=1S/C14H19Cl2N3O2S/c1-9(2)5-6-17-14(22)19-18-13(20)8-21-12-4-3-10(15)7-11(12)16/h3-4,7,9H,5-6,8H2,1-2H3,(H,18,20)(H2,17,19,22). The second-order valence-corrected chi connectivity index (χ2v) is 6.23. The molecule has 0 saturated carbocycles. The van der Waals surface area contributed by atoms with Crippen LogP contribution in [-0.4, -0.2) is 24.2 Å². The van der Waals surface area contributed by atoms with E-state index in [0.717, 1.165) is 13.0 Å². The van der Waals surface area contributed by atoms with E-state index in [1.54, 1.807) is 18.2 Å². The largest absolute Gasteiger partial charge is 0.482 e. The predicted octanol–water partition coefficient (Wildman–Crippen LogP) is 2.91. The van der Waals surface area contributed by atoms with E-state index in [0.29, 0.717) is 26.8 Å². The lowest BCUT2D eigenvalue weighted by molar-refractivity contribution is -0.123. The van der Waals surface area contributed by atoms with Crippen molar-refractivity contribution in [2.24, 2.45) is 5.92 Å². The van der Waals surface area contributed by atoms with E-state index >= 15 is 0 Å². The lowest BCUT2D eigenvalue weighted by Gasteiger charge is -2.13. The highest BCUT2D eigenvalue weighted by Crippen LogP contribution is 2.27. The van der Waals surface area contributed by atoms with Gasteiger partial charge in [0.05, 0.1) is 5.02 Å². The van der Waals surface area contributed by atoms with Gasteiger partial charge in [-0.2, -0.15) is 0 Å². The van der Waals surface area contributed by atoms with Gasteiger partial charge in [0.2, 0.25) is 0 Å². The van der Waals surface area contributed by atoms with E-state index in [-0.39, 0.29) is 12.5 Å². The van der Waals surface area contributed by atoms with Crippen LogP contribution >= 0.6 is 35.4 Å². The molecule has 0 aliphatic carbocycles. The molecule has 1 amide bonds. The summed E-state index contributed by atoms with van der Waals surface area (Å²) in [5.41, 5.74) is 5.04. The van der Waals surface area contributed by atoms with Gasteiger partial charge in [-0.05, 0) is 42.8 Å². The van der Waals surface area contributed by atoms with Gasteiger partial charge in [0.25, 0.3) is 5.91 Å². The fourth-order valence-corrected chi connectivity index (χ4v) is 2.03. The molecule has 0 unspecified atom stereocenters. The summed E-state index contributed by atoms with van der Waals surface area (Å²) in [5, 5.41) is 4.19. The monoisotopic (exact) mass is 363 g/mol. The fraction of sp³-hybridized carbons (Fsp3) is 0.429. The zero-order chi connectivity index (χ0) is 16.5. The highest BCUT2D eigenvalue weighted by Gasteiger charge is 2.06. The van der Waals surface area contributed by atoms with E-state index in [2.05, 4.69) is 30.0 Å². The lowest BCUT2D eigenvalue weighted by Crippen LogP contribution is -2.48. The van der Waals surface area contributed by atoms with Gasteiger partial charge in [0, 0.05) is 11.6 Å². The Bertz CT molecular complexity index is 527. The first-order valence-corrected chi connectivity index (χ1v) is 7.95. The normalized spacial score (nSPS) is 10.2. The maximum atomic E-state index is 11.6. The van der Waals surface area contributed by atoms with Crippen molar-refractivity contribution in [3.8, 4) is 5.75 Å². The molecule has 0 spiro atoms. The molecule has 8 heteroatoms. The molecule has 1 aromatic carbocycles. The highest BCUT2D eigenvalue weighted by atomic mass is 35.5. The molecule has 5 nitrogen and oxygen atoms in total. The summed E-state index contributed by atoms with van der Waals surface area (Å²) in [6.07, 6.45) is 0.994. The number of hydrogen-bond donors (Lipinski definition) is 3. The molecule has 0 heterocycles. The average Bonchev–Trinajstić information content (AvgIpc) is 2.43. The van der Waals surface area contributed by atoms with Crippen molar-refractivity contribution in [2.45, 2.75) is 20.3 Å². The number of thiocarbonyl (C=S) groups is 1. The lowest BCUT2D eigenvalue weighted by atomic mass is 10.1. The van der Waals surface area contributed by atoms with Crippen LogP contribution in [0.2, 0.25) is 10.0 Å². The molecule has 0 saturated heterocycles. The summed E-state index contributed by atoms with van der Waals surface area (Å²) in [7, 11) is 0. The van der Waals surface area contributed by atoms with E-state index in [4.69, 9.17) is 40.2 Å². The zero-order valence-corrected chi connectivity index (χ0v) is 14.7. The molecule has 0 aliphatic rings. The smallest absolute Gasteiger partial charge is 0.276 e. The molecule has 1 rings (SSSR count). The van der Waals surface area contributed by atoms with E-state index < -0.39 is 0 Å². The van der Waals surface area contributed by atoms with Gasteiger partial charge in [-0.3, -0.25) is 15.6 Å². The molecule has 0 atom stereocenters. The number of rotatable bonds is 6. The summed E-state index contributed by atoms with van der Waals surface area (Å²) < 4.78 is 5.29. The Balaban J connectivity index is 2.24. The number of benzene rings is 1. The summed E-state index contributed by atoms with van der Waals surface area (Å²) in [4.78, 5) is 11.6. The molecule has 0 bridgehead atoms. The summed E-state index contributed by atoms with van der Waals surface area (Å²) in [6, 6.07) is 4.78. The minimum atomic E-state index is -0.376. The molecular weight excluding hydrogens is 345 g/mol. The predicted molar refractivity (Wildman–Crippen MR) is 93.3 cm³/mol. The Hall–Kier alpha value is -1.24. The van der Waals surface area contributed by atoms with Crippen LogP contribution in [0.1, 0.15) is 20.3 Å². The minimum absolute atomic E-state index is 0.192. The molecule has 3 N–H and O–H groups in total. The summed E-state index contributed by atoms with van der Waals surface area (Å²) in [6.45, 7) is 4.80. The van der Waals surface area contributed by atoms with Crippen LogP contribution in [-0.2, 0) is 4.79 Å². The van der Waals surface area contributed by atoms with E-state index in [9.17, 15) is 4.79 Å². The van der Waals surface area contributed by atoms with Crippen molar-refractivity contribution >= 4 is 46.4 Å². The van der Waals surface area contributed by atoms with Crippen molar-refractivity contribution in [1.29, 1.82) is 0 Å². The summed E-state index contributed by atoms with van der Waals surface area (Å²) in [5.74, 6) is 0.597. The number of amides is 1. The van der Waals surface area contributed by atoms with Gasteiger partial charge in [0.15, 0.2) is 11.7 Å². The topological polar surface area (TPSA) is 62.4 Å². The van der Waals surface area contributed by atoms with Gasteiger partial charge >= 0.3 is 0 Å². The molecule has 0 aliphatic heterocycles. The van der Waals surface area contributed by atoms with Gasteiger partial charge in [-0.1, -0.05) is 37.0 Å². The van der Waals surface area contributed by atoms with Crippen molar-refractivity contribution in [1.82, 2.24) is 16.2 Å². The van der Waals surface area contributed by atoms with Crippen molar-refractivity contribution < 1.29 is 9.53 Å². The minimum Gasteiger partial charge on any atom is -0.482 e. The number of hydrogen-bond acceptors (Lipinski definition) is 3. The first-order valence-electron chi connectivity index (χ1n) is 6.79. The van der Waals surface area contributed by atoms with Crippen LogP contribution in [0, 0.1) is 5.92 Å². The van der Waals surface area contributed by atoms with Crippen LogP contribution < -0.4 is 20.9 Å². The first-order chi connectivity index (χ1) is 10.4. The highest BCUT2D eigenvalue weighted by molar-refractivity contribution is 7.80. The number of carbonyl (C=O) groups is 1. The first kappa shape index (κ1) is 18.8. The van der Waals surface area contributed by atoms with Crippen LogP contribution in [0.3, 0.4) is 0 Å². The van der Waals surface area contributed by atoms with Crippen LogP contribution in [0.25, 0.3) is 0 Å². The van der Waals surface area contributed by atoms with Crippen molar-refractivity contribution in [3.05, 3.63) is 28.2 Å². The van der Waals surface area contributed by atoms with Crippen LogP contribution in [0.5, 0.6) is 5.75 Å². The summed E-state index contributed by atoms with van der Waals surface area (Å²) >= 11 is 16.7. The average molecular weight is 364 g/mol. The van der Waals surface area contributed by atoms with E-state index in [1.165, 1.54) is 0 Å². The third-order valence-electron chi connectivity index (χ3n) is 2.58. The van der Waals surface area contributed by atoms with Gasteiger partial charge in [-0.25, -0.2) is 0 Å². The number of carbonyl (C=O) groups excluding carboxylic acids is 1. The van der Waals surface area contributed by atoms with Crippen molar-refractivity contribution in [3.63, 3.8) is 0 Å². The van der Waals surface area contributed by atoms with Crippen LogP contribution in [0.4, 0.5) is 0 Å². The Morgan fingerprint density at radius 1 is 1.32 bits per heavy atom. The maximum Gasteiger partial charge on any atom is 0.276 e. The Morgan fingerprint density at radius 3 is 2.68 bits per heavy atom. The molecular formula is C14H19Cl2N3O2S. The van der Waals surface area contributed by atoms with Crippen molar-refractivity contribution in [2.75, 3.05) is 13.2 Å². The SMILES string of the molecule is CC(C)CCNC(=S)NNC(=O)COc1ccc(Cl)cc1Cl. The maximum absolute atomic E-state index is 11.6.